The van der Waals surface area contributed by atoms with Crippen LogP contribution in [-0.4, -0.2) is 30.5 Å². The fourth-order valence-corrected chi connectivity index (χ4v) is 2.54. The summed E-state index contributed by atoms with van der Waals surface area (Å²) >= 11 is 1.42. The van der Waals surface area contributed by atoms with Crippen molar-refractivity contribution >= 4 is 22.9 Å². The molecule has 0 radical (unpaired) electrons. The Hall–Kier alpha value is -1.88. The van der Waals surface area contributed by atoms with Gasteiger partial charge in [0.2, 0.25) is 0 Å². The van der Waals surface area contributed by atoms with Gasteiger partial charge in [0.15, 0.2) is 0 Å². The van der Waals surface area contributed by atoms with Gasteiger partial charge in [-0.1, -0.05) is 18.2 Å². The first-order valence-corrected chi connectivity index (χ1v) is 7.38. The fraction of sp³-hybridized carbons (Fsp3) is 0.333. The molecular formula is C15H19N3OS. The van der Waals surface area contributed by atoms with Crippen LogP contribution >= 0.6 is 11.3 Å². The molecule has 20 heavy (non-hydrogen) atoms. The molecule has 0 unspecified atom stereocenters. The largest absolute Gasteiger partial charge is 0.370 e. The summed E-state index contributed by atoms with van der Waals surface area (Å²) in [5.41, 5.74) is 1.14. The molecule has 5 heteroatoms. The summed E-state index contributed by atoms with van der Waals surface area (Å²) in [6, 6.07) is 10.4. The van der Waals surface area contributed by atoms with Gasteiger partial charge >= 0.3 is 0 Å². The predicted octanol–water partition coefficient (Wildman–Crippen LogP) is 2.71. The Kier molecular flexibility index (Phi) is 4.74. The number of para-hydroxylation sites is 1. The molecule has 1 heterocycles. The molecule has 4 nitrogen and oxygen atoms in total. The molecule has 0 aliphatic rings. The minimum atomic E-state index is -0.0519. The maximum atomic E-state index is 12.0. The summed E-state index contributed by atoms with van der Waals surface area (Å²) in [6.45, 7) is 4.58. The SMILES string of the molecule is Cc1ncc(C(=O)NC[C@H](C)N(C)c2ccccc2)s1. The molecule has 0 fully saturated rings. The van der Waals surface area contributed by atoms with Crippen LogP contribution < -0.4 is 10.2 Å². The van der Waals surface area contributed by atoms with Crippen molar-refractivity contribution in [1.82, 2.24) is 10.3 Å². The highest BCUT2D eigenvalue weighted by atomic mass is 32.1. The van der Waals surface area contributed by atoms with Crippen LogP contribution in [0.4, 0.5) is 5.69 Å². The summed E-state index contributed by atoms with van der Waals surface area (Å²) in [7, 11) is 2.03. The topological polar surface area (TPSA) is 45.2 Å². The molecule has 0 saturated heterocycles. The highest BCUT2D eigenvalue weighted by Crippen LogP contribution is 2.14. The number of aromatic nitrogens is 1. The van der Waals surface area contributed by atoms with Crippen molar-refractivity contribution in [3.05, 3.63) is 46.4 Å². The lowest BCUT2D eigenvalue weighted by Gasteiger charge is -2.27. The number of thiazole rings is 1. The van der Waals surface area contributed by atoms with E-state index in [-0.39, 0.29) is 11.9 Å². The third-order valence-corrected chi connectivity index (χ3v) is 4.14. The van der Waals surface area contributed by atoms with Crippen molar-refractivity contribution in [1.29, 1.82) is 0 Å². The molecule has 1 atom stereocenters. The number of carbonyl (C=O) groups is 1. The lowest BCUT2D eigenvalue weighted by molar-refractivity contribution is 0.0955. The minimum absolute atomic E-state index is 0.0519. The molecule has 1 aromatic heterocycles. The standard InChI is InChI=1S/C15H19N3OS/c1-11(18(3)13-7-5-4-6-8-13)9-17-15(19)14-10-16-12(2)20-14/h4-8,10-11H,9H2,1-3H3,(H,17,19)/t11-/m0/s1. The number of anilines is 1. The predicted molar refractivity (Wildman–Crippen MR) is 83.5 cm³/mol. The zero-order chi connectivity index (χ0) is 14.5. The van der Waals surface area contributed by atoms with Crippen LogP contribution in [0.3, 0.4) is 0 Å². The second kappa shape index (κ2) is 6.52. The molecule has 0 aliphatic heterocycles. The number of likely N-dealkylation sites (N-methyl/N-ethyl adjacent to an activating group) is 1. The lowest BCUT2D eigenvalue weighted by Crippen LogP contribution is -2.40. The van der Waals surface area contributed by atoms with Gasteiger partial charge in [0.05, 0.1) is 11.2 Å². The molecular weight excluding hydrogens is 270 g/mol. The highest BCUT2D eigenvalue weighted by Gasteiger charge is 2.13. The van der Waals surface area contributed by atoms with Crippen LogP contribution in [0, 0.1) is 6.92 Å². The maximum absolute atomic E-state index is 12.0. The summed E-state index contributed by atoms with van der Waals surface area (Å²) in [5.74, 6) is -0.0519. The normalized spacial score (nSPS) is 11.9. The monoisotopic (exact) mass is 289 g/mol. The van der Waals surface area contributed by atoms with Crippen LogP contribution in [0.15, 0.2) is 36.5 Å². The van der Waals surface area contributed by atoms with E-state index in [9.17, 15) is 4.79 Å². The number of nitrogens with one attached hydrogen (secondary N) is 1. The molecule has 0 spiro atoms. The Morgan fingerprint density at radius 1 is 1.40 bits per heavy atom. The fourth-order valence-electron chi connectivity index (χ4n) is 1.85. The summed E-state index contributed by atoms with van der Waals surface area (Å²) in [4.78, 5) is 18.9. The van der Waals surface area contributed by atoms with Crippen molar-refractivity contribution in [2.75, 3.05) is 18.5 Å². The van der Waals surface area contributed by atoms with E-state index in [0.29, 0.717) is 11.4 Å². The average molecular weight is 289 g/mol. The first kappa shape index (κ1) is 14.5. The molecule has 2 aromatic rings. The number of aryl methyl sites for hydroxylation is 1. The molecule has 0 saturated carbocycles. The van der Waals surface area contributed by atoms with E-state index in [0.717, 1.165) is 10.7 Å². The molecule has 0 bridgehead atoms. The van der Waals surface area contributed by atoms with E-state index < -0.39 is 0 Å². The summed E-state index contributed by atoms with van der Waals surface area (Å²) in [5, 5.41) is 3.86. The number of benzene rings is 1. The third kappa shape index (κ3) is 3.57. The third-order valence-electron chi connectivity index (χ3n) is 3.23. The number of nitrogens with zero attached hydrogens (tertiary/aromatic N) is 2. The molecule has 2 rings (SSSR count). The summed E-state index contributed by atoms with van der Waals surface area (Å²) < 4.78 is 0. The Labute approximate surface area is 123 Å². The molecule has 1 amide bonds. The van der Waals surface area contributed by atoms with Gasteiger partial charge in [-0.3, -0.25) is 4.79 Å². The van der Waals surface area contributed by atoms with E-state index in [2.05, 4.69) is 34.3 Å². The Bertz CT molecular complexity index is 568. The number of rotatable bonds is 5. The Balaban J connectivity index is 1.89. The van der Waals surface area contributed by atoms with E-state index >= 15 is 0 Å². The van der Waals surface area contributed by atoms with Crippen LogP contribution in [0.5, 0.6) is 0 Å². The summed E-state index contributed by atoms with van der Waals surface area (Å²) in [6.07, 6.45) is 1.63. The van der Waals surface area contributed by atoms with Crippen LogP contribution in [0.2, 0.25) is 0 Å². The van der Waals surface area contributed by atoms with Gasteiger partial charge in [-0.25, -0.2) is 4.98 Å². The number of hydrogen-bond acceptors (Lipinski definition) is 4. The molecule has 106 valence electrons. The number of carbonyl (C=O) groups excluding carboxylic acids is 1. The molecule has 1 N–H and O–H groups in total. The second-order valence-electron chi connectivity index (χ2n) is 4.75. The quantitative estimate of drug-likeness (QED) is 0.920. The Morgan fingerprint density at radius 3 is 2.70 bits per heavy atom. The maximum Gasteiger partial charge on any atom is 0.263 e. The minimum Gasteiger partial charge on any atom is -0.370 e. The van der Waals surface area contributed by atoms with E-state index in [4.69, 9.17) is 0 Å². The van der Waals surface area contributed by atoms with Gasteiger partial charge in [0.25, 0.3) is 5.91 Å². The van der Waals surface area contributed by atoms with Gasteiger partial charge in [-0.15, -0.1) is 11.3 Å². The van der Waals surface area contributed by atoms with Gasteiger partial charge in [-0.05, 0) is 26.0 Å². The van der Waals surface area contributed by atoms with Crippen LogP contribution in [0.25, 0.3) is 0 Å². The van der Waals surface area contributed by atoms with Crippen molar-refractivity contribution in [3.8, 4) is 0 Å². The lowest BCUT2D eigenvalue weighted by atomic mass is 10.2. The molecule has 0 aliphatic carbocycles. The smallest absolute Gasteiger partial charge is 0.263 e. The van der Waals surface area contributed by atoms with Crippen molar-refractivity contribution in [2.45, 2.75) is 19.9 Å². The van der Waals surface area contributed by atoms with E-state index in [1.165, 1.54) is 11.3 Å². The van der Waals surface area contributed by atoms with Crippen LogP contribution in [-0.2, 0) is 0 Å². The van der Waals surface area contributed by atoms with Crippen LogP contribution in [0.1, 0.15) is 21.6 Å². The van der Waals surface area contributed by atoms with Crippen molar-refractivity contribution < 1.29 is 4.79 Å². The van der Waals surface area contributed by atoms with Gasteiger partial charge in [0.1, 0.15) is 4.88 Å². The van der Waals surface area contributed by atoms with Crippen molar-refractivity contribution in [3.63, 3.8) is 0 Å². The van der Waals surface area contributed by atoms with Crippen molar-refractivity contribution in [2.24, 2.45) is 0 Å². The zero-order valence-corrected chi connectivity index (χ0v) is 12.8. The number of amides is 1. The van der Waals surface area contributed by atoms with Gasteiger partial charge in [0, 0.05) is 25.3 Å². The Morgan fingerprint density at radius 2 is 2.10 bits per heavy atom. The van der Waals surface area contributed by atoms with Gasteiger partial charge in [-0.2, -0.15) is 0 Å². The average Bonchev–Trinajstić information content (AvgIpc) is 2.91. The molecule has 1 aromatic carbocycles. The van der Waals surface area contributed by atoms with E-state index in [1.54, 1.807) is 6.20 Å². The number of hydrogen-bond donors (Lipinski definition) is 1. The van der Waals surface area contributed by atoms with Gasteiger partial charge < -0.3 is 10.2 Å². The first-order chi connectivity index (χ1) is 9.58. The van der Waals surface area contributed by atoms with E-state index in [1.807, 2.05) is 32.2 Å². The second-order valence-corrected chi connectivity index (χ2v) is 5.98. The highest BCUT2D eigenvalue weighted by molar-refractivity contribution is 7.13. The zero-order valence-electron chi connectivity index (χ0n) is 12.0. The first-order valence-electron chi connectivity index (χ1n) is 6.56.